The summed E-state index contributed by atoms with van der Waals surface area (Å²) >= 11 is 0. The average molecular weight is 457 g/mol. The highest BCUT2D eigenvalue weighted by molar-refractivity contribution is 7.89. The Balaban J connectivity index is 1.69. The summed E-state index contributed by atoms with van der Waals surface area (Å²) in [4.78, 5) is 9.18. The molecule has 0 bridgehead atoms. The first kappa shape index (κ1) is 22.4. The van der Waals surface area contributed by atoms with Gasteiger partial charge in [0.2, 0.25) is 10.0 Å². The highest BCUT2D eigenvalue weighted by Crippen LogP contribution is 2.30. The number of sulfonamides is 1. The summed E-state index contributed by atoms with van der Waals surface area (Å²) < 4.78 is 30.5. The molecule has 10 heteroatoms. The molecule has 0 spiro atoms. The SMILES string of the molecule is Cc1ccc(S(=O)(=O)N[C@H]2CC[C@H](O)CC2)cc1-c1cnc(N)c(-c2cn(C)nc2C)n1. The zero-order valence-electron chi connectivity index (χ0n) is 18.4. The Morgan fingerprint density at radius 2 is 1.88 bits per heavy atom. The number of anilines is 1. The summed E-state index contributed by atoms with van der Waals surface area (Å²) in [6.07, 6.45) is 5.49. The number of hydrogen-bond donors (Lipinski definition) is 3. The van der Waals surface area contributed by atoms with Gasteiger partial charge in [-0.05, 0) is 57.2 Å². The molecule has 0 unspecified atom stereocenters. The van der Waals surface area contributed by atoms with Crippen LogP contribution in [0.2, 0.25) is 0 Å². The van der Waals surface area contributed by atoms with E-state index in [0.29, 0.717) is 42.6 Å². The van der Waals surface area contributed by atoms with E-state index in [0.717, 1.165) is 16.8 Å². The number of rotatable bonds is 5. The zero-order chi connectivity index (χ0) is 23.0. The van der Waals surface area contributed by atoms with Crippen molar-refractivity contribution in [2.24, 2.45) is 7.05 Å². The lowest BCUT2D eigenvalue weighted by atomic mass is 9.94. The fraction of sp³-hybridized carbons (Fsp3) is 0.409. The van der Waals surface area contributed by atoms with Crippen LogP contribution in [0.15, 0.2) is 35.5 Å². The second-order valence-corrected chi connectivity index (χ2v) is 10.1. The Kier molecular flexibility index (Phi) is 6.02. The Morgan fingerprint density at radius 1 is 1.16 bits per heavy atom. The molecule has 170 valence electrons. The number of aliphatic hydroxyl groups is 1. The van der Waals surface area contributed by atoms with Gasteiger partial charge in [-0.15, -0.1) is 0 Å². The predicted octanol–water partition coefficient (Wildman–Crippen LogP) is 2.32. The van der Waals surface area contributed by atoms with Crippen LogP contribution in [0.4, 0.5) is 5.82 Å². The molecule has 4 N–H and O–H groups in total. The van der Waals surface area contributed by atoms with Crippen LogP contribution in [0.1, 0.15) is 36.9 Å². The molecular formula is C22H28N6O3S. The van der Waals surface area contributed by atoms with E-state index < -0.39 is 10.0 Å². The molecule has 1 fully saturated rings. The molecule has 2 aromatic heterocycles. The van der Waals surface area contributed by atoms with E-state index in [1.54, 1.807) is 29.1 Å². The van der Waals surface area contributed by atoms with E-state index in [1.807, 2.05) is 27.1 Å². The van der Waals surface area contributed by atoms with Crippen LogP contribution in [0.3, 0.4) is 0 Å². The van der Waals surface area contributed by atoms with Crippen molar-refractivity contribution in [3.05, 3.63) is 41.9 Å². The summed E-state index contributed by atoms with van der Waals surface area (Å²) in [7, 11) is -1.89. The molecule has 2 heterocycles. The first-order chi connectivity index (χ1) is 15.1. The molecule has 0 atom stereocenters. The highest BCUT2D eigenvalue weighted by Gasteiger charge is 2.25. The van der Waals surface area contributed by atoms with Crippen molar-refractivity contribution < 1.29 is 13.5 Å². The van der Waals surface area contributed by atoms with Gasteiger partial charge in [-0.3, -0.25) is 4.68 Å². The first-order valence-electron chi connectivity index (χ1n) is 10.6. The molecule has 1 saturated carbocycles. The monoisotopic (exact) mass is 456 g/mol. The molecule has 1 aliphatic carbocycles. The van der Waals surface area contributed by atoms with Crippen molar-refractivity contribution >= 4 is 15.8 Å². The zero-order valence-corrected chi connectivity index (χ0v) is 19.2. The lowest BCUT2D eigenvalue weighted by molar-refractivity contribution is 0.120. The number of aromatic nitrogens is 4. The fourth-order valence-electron chi connectivity index (χ4n) is 4.08. The third-order valence-corrected chi connectivity index (χ3v) is 7.40. The Hall–Kier alpha value is -2.82. The van der Waals surface area contributed by atoms with Gasteiger partial charge in [-0.2, -0.15) is 5.10 Å². The molecule has 0 amide bonds. The molecule has 9 nitrogen and oxygen atoms in total. The maximum Gasteiger partial charge on any atom is 0.240 e. The molecule has 32 heavy (non-hydrogen) atoms. The highest BCUT2D eigenvalue weighted by atomic mass is 32.2. The van der Waals surface area contributed by atoms with Crippen LogP contribution in [-0.4, -0.2) is 45.4 Å². The Morgan fingerprint density at radius 3 is 2.53 bits per heavy atom. The molecule has 1 aromatic carbocycles. The molecule has 1 aliphatic rings. The average Bonchev–Trinajstić information content (AvgIpc) is 3.08. The quantitative estimate of drug-likeness (QED) is 0.536. The smallest absolute Gasteiger partial charge is 0.240 e. The van der Waals surface area contributed by atoms with E-state index in [9.17, 15) is 13.5 Å². The first-order valence-corrected chi connectivity index (χ1v) is 12.1. The van der Waals surface area contributed by atoms with Crippen LogP contribution in [-0.2, 0) is 17.1 Å². The summed E-state index contributed by atoms with van der Waals surface area (Å²) in [5, 5.41) is 14.0. The van der Waals surface area contributed by atoms with Gasteiger partial charge in [0.05, 0.1) is 28.6 Å². The number of aryl methyl sites for hydroxylation is 3. The molecule has 0 saturated heterocycles. The second kappa shape index (κ2) is 8.61. The number of nitrogens with one attached hydrogen (secondary N) is 1. The van der Waals surface area contributed by atoms with Gasteiger partial charge in [-0.25, -0.2) is 23.1 Å². The van der Waals surface area contributed by atoms with Crippen LogP contribution in [0.25, 0.3) is 22.5 Å². The molecule has 3 aromatic rings. The normalized spacial score (nSPS) is 19.2. The summed E-state index contributed by atoms with van der Waals surface area (Å²) in [6, 6.07) is 4.80. The van der Waals surface area contributed by atoms with Crippen molar-refractivity contribution in [3.8, 4) is 22.5 Å². The molecular weight excluding hydrogens is 428 g/mol. The predicted molar refractivity (Wildman–Crippen MR) is 122 cm³/mol. The number of aliphatic hydroxyl groups excluding tert-OH is 1. The Labute approximate surface area is 187 Å². The minimum absolute atomic E-state index is 0.168. The summed E-state index contributed by atoms with van der Waals surface area (Å²) in [5.74, 6) is 0.285. The number of nitrogen functional groups attached to an aromatic ring is 1. The molecule has 0 aliphatic heterocycles. The minimum Gasteiger partial charge on any atom is -0.393 e. The summed E-state index contributed by atoms with van der Waals surface area (Å²) in [6.45, 7) is 3.77. The fourth-order valence-corrected chi connectivity index (χ4v) is 5.41. The number of benzene rings is 1. The van der Waals surface area contributed by atoms with Crippen molar-refractivity contribution in [1.82, 2.24) is 24.5 Å². The third kappa shape index (κ3) is 4.52. The maximum absolute atomic E-state index is 13.0. The van der Waals surface area contributed by atoms with Crippen molar-refractivity contribution in [2.75, 3.05) is 5.73 Å². The van der Waals surface area contributed by atoms with Crippen LogP contribution in [0.5, 0.6) is 0 Å². The van der Waals surface area contributed by atoms with Crippen LogP contribution in [0, 0.1) is 13.8 Å². The van der Waals surface area contributed by atoms with E-state index in [4.69, 9.17) is 10.7 Å². The van der Waals surface area contributed by atoms with E-state index in [-0.39, 0.29) is 22.9 Å². The van der Waals surface area contributed by atoms with Gasteiger partial charge < -0.3 is 10.8 Å². The van der Waals surface area contributed by atoms with Gasteiger partial charge in [0.1, 0.15) is 11.5 Å². The molecule has 0 radical (unpaired) electrons. The Bertz CT molecular complexity index is 1250. The number of hydrogen-bond acceptors (Lipinski definition) is 7. The lowest BCUT2D eigenvalue weighted by Gasteiger charge is -2.26. The van der Waals surface area contributed by atoms with E-state index in [1.165, 1.54) is 0 Å². The largest absolute Gasteiger partial charge is 0.393 e. The molecule has 4 rings (SSSR count). The van der Waals surface area contributed by atoms with Crippen molar-refractivity contribution in [2.45, 2.75) is 56.6 Å². The maximum atomic E-state index is 13.0. The van der Waals surface area contributed by atoms with Crippen molar-refractivity contribution in [3.63, 3.8) is 0 Å². The standard InChI is InChI=1S/C22H28N6O3S/c1-13-4-9-17(32(30,31)27-15-5-7-16(29)8-6-15)10-18(13)20-11-24-22(23)21(25-20)19-12-28(3)26-14(19)2/h4,9-12,15-16,27,29H,5-8H2,1-3H3,(H2,23,24)/t15-,16-. The van der Waals surface area contributed by atoms with Gasteiger partial charge in [-0.1, -0.05) is 6.07 Å². The van der Waals surface area contributed by atoms with Crippen LogP contribution < -0.4 is 10.5 Å². The second-order valence-electron chi connectivity index (χ2n) is 8.39. The minimum atomic E-state index is -3.72. The third-order valence-electron chi connectivity index (χ3n) is 5.88. The number of nitrogens with zero attached hydrogens (tertiary/aromatic N) is 4. The van der Waals surface area contributed by atoms with E-state index >= 15 is 0 Å². The van der Waals surface area contributed by atoms with Gasteiger partial charge in [0.25, 0.3) is 0 Å². The van der Waals surface area contributed by atoms with Crippen LogP contribution >= 0.6 is 0 Å². The van der Waals surface area contributed by atoms with Gasteiger partial charge in [0, 0.05) is 30.4 Å². The van der Waals surface area contributed by atoms with Gasteiger partial charge >= 0.3 is 0 Å². The lowest BCUT2D eigenvalue weighted by Crippen LogP contribution is -2.38. The number of nitrogens with two attached hydrogens (primary N) is 1. The van der Waals surface area contributed by atoms with E-state index in [2.05, 4.69) is 14.8 Å². The topological polar surface area (TPSA) is 136 Å². The van der Waals surface area contributed by atoms with Crippen molar-refractivity contribution in [1.29, 1.82) is 0 Å². The van der Waals surface area contributed by atoms with Gasteiger partial charge in [0.15, 0.2) is 0 Å². The summed E-state index contributed by atoms with van der Waals surface area (Å²) in [5.41, 5.74) is 10.2.